The smallest absolute Gasteiger partial charge is 0.407 e. The Kier molecular flexibility index (Phi) is 8.52. The summed E-state index contributed by atoms with van der Waals surface area (Å²) in [7, 11) is 1.54. The minimum absolute atomic E-state index is 0.0122. The number of aliphatic hydroxyl groups excluding tert-OH is 1. The van der Waals surface area contributed by atoms with E-state index in [-0.39, 0.29) is 41.4 Å². The molecule has 2 aromatic heterocycles. The molecule has 39 heavy (non-hydrogen) atoms. The van der Waals surface area contributed by atoms with E-state index in [0.29, 0.717) is 30.6 Å². The lowest BCUT2D eigenvalue weighted by Crippen LogP contribution is -2.40. The van der Waals surface area contributed by atoms with Crippen molar-refractivity contribution in [1.29, 1.82) is 0 Å². The van der Waals surface area contributed by atoms with Crippen LogP contribution in [0.5, 0.6) is 0 Å². The Balaban J connectivity index is 1.74. The molecular formula is C25H31ClFN7O5. The van der Waals surface area contributed by atoms with E-state index < -0.39 is 29.5 Å². The number of halogens is 2. The summed E-state index contributed by atoms with van der Waals surface area (Å²) < 4.78 is 27.5. The molecule has 14 heteroatoms. The number of carbonyl (C=O) groups is 2. The fraction of sp³-hybridized carbons (Fsp3) is 0.480. The van der Waals surface area contributed by atoms with Crippen molar-refractivity contribution in [2.75, 3.05) is 37.1 Å². The van der Waals surface area contributed by atoms with Crippen LogP contribution in [0.1, 0.15) is 37.7 Å². The highest BCUT2D eigenvalue weighted by atomic mass is 35.5. The van der Waals surface area contributed by atoms with Gasteiger partial charge in [-0.05, 0) is 44.9 Å². The van der Waals surface area contributed by atoms with Crippen molar-refractivity contribution in [1.82, 2.24) is 25.1 Å². The molecule has 210 valence electrons. The molecule has 0 radical (unpaired) electrons. The van der Waals surface area contributed by atoms with Crippen molar-refractivity contribution in [2.45, 2.75) is 51.4 Å². The van der Waals surface area contributed by atoms with Gasteiger partial charge in [0.05, 0.1) is 49.4 Å². The lowest BCUT2D eigenvalue weighted by atomic mass is 10.1. The molecule has 3 N–H and O–H groups in total. The first-order chi connectivity index (χ1) is 18.5. The fourth-order valence-electron chi connectivity index (χ4n) is 4.56. The van der Waals surface area contributed by atoms with Crippen LogP contribution in [0.25, 0.3) is 10.9 Å². The molecule has 1 fully saturated rings. The second kappa shape index (κ2) is 11.7. The summed E-state index contributed by atoms with van der Waals surface area (Å²) in [6, 6.07) is 1.74. The number of amides is 2. The van der Waals surface area contributed by atoms with Gasteiger partial charge in [-0.1, -0.05) is 0 Å². The Morgan fingerprint density at radius 2 is 2.10 bits per heavy atom. The summed E-state index contributed by atoms with van der Waals surface area (Å²) in [5.41, 5.74) is 0.103. The van der Waals surface area contributed by atoms with Crippen LogP contribution < -0.4 is 15.5 Å². The molecular weight excluding hydrogens is 533 g/mol. The van der Waals surface area contributed by atoms with Gasteiger partial charge in [0.15, 0.2) is 5.82 Å². The van der Waals surface area contributed by atoms with Gasteiger partial charge in [-0.3, -0.25) is 9.48 Å². The minimum Gasteiger partial charge on any atom is -0.444 e. The monoisotopic (exact) mass is 563 g/mol. The summed E-state index contributed by atoms with van der Waals surface area (Å²) in [5, 5.41) is 20.5. The number of hydrogen-bond acceptors (Lipinski definition) is 9. The average Bonchev–Trinajstić information content (AvgIpc) is 3.46. The van der Waals surface area contributed by atoms with Crippen LogP contribution in [0.4, 0.5) is 20.6 Å². The summed E-state index contributed by atoms with van der Waals surface area (Å²) in [6.07, 6.45) is 2.64. The van der Waals surface area contributed by atoms with E-state index in [2.05, 4.69) is 25.7 Å². The number of alkyl carbamates (subject to hydrolysis) is 1. The third-order valence-corrected chi connectivity index (χ3v) is 6.28. The van der Waals surface area contributed by atoms with Crippen molar-refractivity contribution in [3.63, 3.8) is 0 Å². The molecule has 4 rings (SSSR count). The number of rotatable bonds is 8. The number of anilines is 2. The van der Waals surface area contributed by atoms with Gasteiger partial charge in [-0.25, -0.2) is 19.2 Å². The molecule has 0 bridgehead atoms. The lowest BCUT2D eigenvalue weighted by molar-refractivity contribution is 0.0507. The van der Waals surface area contributed by atoms with E-state index >= 15 is 4.39 Å². The van der Waals surface area contributed by atoms with Gasteiger partial charge in [0.1, 0.15) is 16.8 Å². The van der Waals surface area contributed by atoms with Crippen LogP contribution in [-0.2, 0) is 16.0 Å². The number of methoxy groups -OCH3 is 1. The Hall–Kier alpha value is -3.55. The van der Waals surface area contributed by atoms with Gasteiger partial charge >= 0.3 is 6.09 Å². The maximum Gasteiger partial charge on any atom is 0.407 e. The van der Waals surface area contributed by atoms with E-state index in [0.717, 1.165) is 0 Å². The predicted octanol–water partition coefficient (Wildman–Crippen LogP) is 2.98. The first-order valence-corrected chi connectivity index (χ1v) is 12.7. The van der Waals surface area contributed by atoms with Gasteiger partial charge in [0.2, 0.25) is 5.28 Å². The minimum atomic E-state index is -0.681. The zero-order valence-corrected chi connectivity index (χ0v) is 22.8. The number of nitrogens with zero attached hydrogens (tertiary/aromatic N) is 5. The van der Waals surface area contributed by atoms with E-state index in [1.54, 1.807) is 20.8 Å². The Morgan fingerprint density at radius 3 is 2.77 bits per heavy atom. The Labute approximate surface area is 229 Å². The molecule has 0 spiro atoms. The predicted molar refractivity (Wildman–Crippen MR) is 143 cm³/mol. The number of hydrogen-bond donors (Lipinski definition) is 3. The molecule has 2 unspecified atom stereocenters. The number of aliphatic hydroxyl groups is 1. The second-order valence-electron chi connectivity index (χ2n) is 10.1. The molecule has 3 heterocycles. The molecule has 2 amide bonds. The summed E-state index contributed by atoms with van der Waals surface area (Å²) >= 11 is 5.85. The normalized spacial score (nSPS) is 17.5. The highest BCUT2D eigenvalue weighted by Crippen LogP contribution is 2.40. The lowest BCUT2D eigenvalue weighted by Gasteiger charge is -2.28. The van der Waals surface area contributed by atoms with Crippen LogP contribution in [0.15, 0.2) is 24.5 Å². The maximum atomic E-state index is 15.5. The molecule has 2 atom stereocenters. The van der Waals surface area contributed by atoms with Crippen molar-refractivity contribution in [2.24, 2.45) is 0 Å². The number of aromatic nitrogens is 4. The molecule has 1 aliphatic rings. The SMILES string of the molecule is COCCn1ncc2c(N3CC(NC(=O)OC(C)(C)C)CC3CO)c(NC(=O)c3ccnc(Cl)n3)cc(F)c21. The topological polar surface area (TPSA) is 144 Å². The maximum absolute atomic E-state index is 15.5. The highest BCUT2D eigenvalue weighted by molar-refractivity contribution is 6.28. The standard InChI is InChI=1S/C25H31ClFN7O5/c1-25(2,3)39-24(37)30-14-9-15(13-35)33(12-14)21-16-11-29-34(7-8-38-4)20(16)17(27)10-19(21)31-22(36)18-5-6-28-23(26)32-18/h5-6,10-11,14-15,35H,7-9,12-13H2,1-4H3,(H,30,37)(H,31,36). The fourth-order valence-corrected chi connectivity index (χ4v) is 4.71. The van der Waals surface area contributed by atoms with E-state index in [1.165, 1.54) is 36.3 Å². The quantitative estimate of drug-likeness (QED) is 0.352. The highest BCUT2D eigenvalue weighted by Gasteiger charge is 2.36. The largest absolute Gasteiger partial charge is 0.444 e. The summed E-state index contributed by atoms with van der Waals surface area (Å²) in [4.78, 5) is 35.0. The van der Waals surface area contributed by atoms with Crippen molar-refractivity contribution < 1.29 is 28.6 Å². The van der Waals surface area contributed by atoms with Crippen LogP contribution in [0.3, 0.4) is 0 Å². The van der Waals surface area contributed by atoms with Crippen molar-refractivity contribution in [3.05, 3.63) is 41.3 Å². The average molecular weight is 564 g/mol. The van der Waals surface area contributed by atoms with Crippen molar-refractivity contribution in [3.8, 4) is 0 Å². The van der Waals surface area contributed by atoms with Gasteiger partial charge in [-0.15, -0.1) is 0 Å². The van der Waals surface area contributed by atoms with Crippen LogP contribution in [0, 0.1) is 5.82 Å². The van der Waals surface area contributed by atoms with Gasteiger partial charge in [0.25, 0.3) is 5.91 Å². The zero-order valence-electron chi connectivity index (χ0n) is 22.1. The summed E-state index contributed by atoms with van der Waals surface area (Å²) in [5.74, 6) is -1.24. The number of benzene rings is 1. The molecule has 1 aliphatic heterocycles. The van der Waals surface area contributed by atoms with Crippen LogP contribution in [0.2, 0.25) is 5.28 Å². The molecule has 12 nitrogen and oxygen atoms in total. The molecule has 0 aliphatic carbocycles. The summed E-state index contributed by atoms with van der Waals surface area (Å²) in [6.45, 7) is 5.91. The van der Waals surface area contributed by atoms with E-state index in [1.807, 2.05) is 4.90 Å². The number of carbonyl (C=O) groups excluding carboxylic acids is 2. The van der Waals surface area contributed by atoms with Crippen molar-refractivity contribution >= 4 is 45.9 Å². The van der Waals surface area contributed by atoms with E-state index in [4.69, 9.17) is 21.1 Å². The molecule has 1 saturated heterocycles. The van der Waals surface area contributed by atoms with Crippen LogP contribution >= 0.6 is 11.6 Å². The number of ether oxygens (including phenoxy) is 2. The second-order valence-corrected chi connectivity index (χ2v) is 10.4. The Bertz CT molecular complexity index is 1360. The van der Waals surface area contributed by atoms with E-state index in [9.17, 15) is 14.7 Å². The molecule has 1 aromatic carbocycles. The van der Waals surface area contributed by atoms with Gasteiger partial charge in [-0.2, -0.15) is 5.10 Å². The third-order valence-electron chi connectivity index (χ3n) is 6.09. The number of fused-ring (bicyclic) bond motifs is 1. The number of nitrogens with one attached hydrogen (secondary N) is 2. The zero-order chi connectivity index (χ0) is 28.3. The van der Waals surface area contributed by atoms with Crippen LogP contribution in [-0.4, -0.2) is 81.4 Å². The molecule has 0 saturated carbocycles. The molecule has 3 aromatic rings. The van der Waals surface area contributed by atoms with Gasteiger partial charge in [0, 0.05) is 31.3 Å². The first-order valence-electron chi connectivity index (χ1n) is 12.3. The van der Waals surface area contributed by atoms with Gasteiger partial charge < -0.3 is 30.1 Å². The third kappa shape index (κ3) is 6.54. The first kappa shape index (κ1) is 28.5. The Morgan fingerprint density at radius 1 is 1.33 bits per heavy atom.